The Hall–Kier alpha value is -1.47. The molecule has 0 saturated heterocycles. The van der Waals surface area contributed by atoms with E-state index in [9.17, 15) is 0 Å². The number of hydrogen-bond donors (Lipinski definition) is 0. The first-order chi connectivity index (χ1) is 8.25. The van der Waals surface area contributed by atoms with Gasteiger partial charge in [0.15, 0.2) is 0 Å². The molecule has 0 saturated carbocycles. The number of fused-ring (bicyclic) bond motifs is 2. The molecule has 0 nitrogen and oxygen atoms in total. The van der Waals surface area contributed by atoms with Crippen LogP contribution in [-0.4, -0.2) is 6.71 Å². The molecule has 1 aliphatic heterocycles. The molecule has 0 N–H and O–H groups in total. The van der Waals surface area contributed by atoms with Crippen LogP contribution in [0, 0.1) is 0 Å². The SMILES string of the molecule is CB1c2ccccc2C=Cc2cc(Cl)ccc21. The maximum absolute atomic E-state index is 6.06. The van der Waals surface area contributed by atoms with Crippen LogP contribution >= 0.6 is 11.6 Å². The van der Waals surface area contributed by atoms with E-state index in [2.05, 4.69) is 49.3 Å². The van der Waals surface area contributed by atoms with Crippen LogP contribution in [0.25, 0.3) is 12.2 Å². The molecule has 0 amide bonds. The lowest BCUT2D eigenvalue weighted by Crippen LogP contribution is -2.41. The van der Waals surface area contributed by atoms with Gasteiger partial charge in [0.2, 0.25) is 6.71 Å². The first kappa shape index (κ1) is 10.7. The zero-order chi connectivity index (χ0) is 11.8. The normalized spacial score (nSPS) is 12.9. The Labute approximate surface area is 107 Å². The largest absolute Gasteiger partial charge is 0.207 e. The number of hydrogen-bond acceptors (Lipinski definition) is 0. The van der Waals surface area contributed by atoms with Crippen LogP contribution in [0.15, 0.2) is 42.5 Å². The van der Waals surface area contributed by atoms with Crippen molar-refractivity contribution < 1.29 is 0 Å². The highest BCUT2D eigenvalue weighted by Crippen LogP contribution is 2.16. The molecule has 1 heterocycles. The summed E-state index contributed by atoms with van der Waals surface area (Å²) >= 11 is 6.06. The molecule has 0 unspecified atom stereocenters. The van der Waals surface area contributed by atoms with Gasteiger partial charge < -0.3 is 0 Å². The zero-order valence-corrected chi connectivity index (χ0v) is 10.4. The summed E-state index contributed by atoms with van der Waals surface area (Å²) in [6, 6.07) is 14.7. The summed E-state index contributed by atoms with van der Waals surface area (Å²) in [4.78, 5) is 0. The highest BCUT2D eigenvalue weighted by molar-refractivity contribution is 6.85. The maximum Gasteiger partial charge on any atom is 0.207 e. The van der Waals surface area contributed by atoms with E-state index >= 15 is 0 Å². The number of rotatable bonds is 0. The molecule has 0 aromatic heterocycles. The minimum absolute atomic E-state index is 0.411. The van der Waals surface area contributed by atoms with Gasteiger partial charge in [-0.05, 0) is 23.3 Å². The molecule has 17 heavy (non-hydrogen) atoms. The van der Waals surface area contributed by atoms with Gasteiger partial charge in [0.05, 0.1) is 0 Å². The lowest BCUT2D eigenvalue weighted by atomic mass is 9.41. The maximum atomic E-state index is 6.06. The van der Waals surface area contributed by atoms with E-state index in [-0.39, 0.29) is 0 Å². The molecule has 2 aromatic rings. The van der Waals surface area contributed by atoms with Crippen LogP contribution in [0.5, 0.6) is 0 Å². The molecule has 2 heteroatoms. The van der Waals surface area contributed by atoms with Crippen LogP contribution in [-0.2, 0) is 0 Å². The summed E-state index contributed by atoms with van der Waals surface area (Å²) < 4.78 is 0. The number of benzene rings is 2. The van der Waals surface area contributed by atoms with Gasteiger partial charge in [-0.1, -0.05) is 71.8 Å². The summed E-state index contributed by atoms with van der Waals surface area (Å²) in [6.45, 7) is 2.66. The second-order valence-corrected chi connectivity index (χ2v) is 4.89. The van der Waals surface area contributed by atoms with Crippen LogP contribution in [0.3, 0.4) is 0 Å². The van der Waals surface area contributed by atoms with Crippen molar-refractivity contribution in [2.45, 2.75) is 6.82 Å². The van der Waals surface area contributed by atoms with Gasteiger partial charge in [-0.25, -0.2) is 0 Å². The minimum Gasteiger partial charge on any atom is -0.0843 e. The molecule has 0 atom stereocenters. The van der Waals surface area contributed by atoms with Crippen molar-refractivity contribution in [1.29, 1.82) is 0 Å². The quantitative estimate of drug-likeness (QED) is 0.619. The van der Waals surface area contributed by atoms with Crippen molar-refractivity contribution in [1.82, 2.24) is 0 Å². The first-order valence-corrected chi connectivity index (χ1v) is 6.20. The summed E-state index contributed by atoms with van der Waals surface area (Å²) in [7, 11) is 0. The Morgan fingerprint density at radius 3 is 2.47 bits per heavy atom. The van der Waals surface area contributed by atoms with Gasteiger partial charge in [-0.2, -0.15) is 0 Å². The Bertz CT molecular complexity index is 602. The van der Waals surface area contributed by atoms with Crippen molar-refractivity contribution in [2.24, 2.45) is 0 Å². The predicted molar refractivity (Wildman–Crippen MR) is 77.7 cm³/mol. The molecule has 0 aliphatic carbocycles. The van der Waals surface area contributed by atoms with E-state index in [1.54, 1.807) is 0 Å². The van der Waals surface area contributed by atoms with Crippen molar-refractivity contribution in [3.63, 3.8) is 0 Å². The van der Waals surface area contributed by atoms with Gasteiger partial charge in [0.25, 0.3) is 0 Å². The van der Waals surface area contributed by atoms with E-state index in [1.807, 2.05) is 12.1 Å². The molecule has 1 aliphatic rings. The second kappa shape index (κ2) is 4.08. The smallest absolute Gasteiger partial charge is 0.0843 e. The summed E-state index contributed by atoms with van der Waals surface area (Å²) in [5, 5.41) is 0.798. The Balaban J connectivity index is 2.24. The Morgan fingerprint density at radius 2 is 1.59 bits per heavy atom. The molecule has 2 aromatic carbocycles. The van der Waals surface area contributed by atoms with E-state index in [4.69, 9.17) is 11.6 Å². The van der Waals surface area contributed by atoms with Gasteiger partial charge in [0.1, 0.15) is 0 Å². The van der Waals surface area contributed by atoms with Gasteiger partial charge in [0, 0.05) is 5.02 Å². The number of halogens is 1. The van der Waals surface area contributed by atoms with Gasteiger partial charge in [-0.3, -0.25) is 0 Å². The fourth-order valence-electron chi connectivity index (χ4n) is 2.49. The molecule has 0 spiro atoms. The third-order valence-corrected chi connectivity index (χ3v) is 3.66. The van der Waals surface area contributed by atoms with Crippen LogP contribution in [0.2, 0.25) is 11.8 Å². The monoisotopic (exact) mass is 238 g/mol. The van der Waals surface area contributed by atoms with E-state index in [1.165, 1.54) is 22.1 Å². The lowest BCUT2D eigenvalue weighted by molar-refractivity contribution is 1.70. The second-order valence-electron chi connectivity index (χ2n) is 4.46. The van der Waals surface area contributed by atoms with Crippen molar-refractivity contribution in [2.75, 3.05) is 0 Å². The van der Waals surface area contributed by atoms with E-state index < -0.39 is 0 Å². The standard InChI is InChI=1S/C15H12BCl/c1-16-14-5-3-2-4-11(14)6-7-12-10-13(17)8-9-15(12)16/h2-10H,1H3. The van der Waals surface area contributed by atoms with Crippen molar-refractivity contribution >= 4 is 41.4 Å². The topological polar surface area (TPSA) is 0 Å². The molecule has 0 bridgehead atoms. The van der Waals surface area contributed by atoms with Crippen molar-refractivity contribution in [3.05, 3.63) is 58.6 Å². The van der Waals surface area contributed by atoms with Gasteiger partial charge in [-0.15, -0.1) is 0 Å². The minimum atomic E-state index is 0.411. The molecule has 3 rings (SSSR count). The fraction of sp³-hybridized carbons (Fsp3) is 0.0667. The summed E-state index contributed by atoms with van der Waals surface area (Å²) in [6.07, 6.45) is 4.33. The average Bonchev–Trinajstić information content (AvgIpc) is 2.48. The fourth-order valence-corrected chi connectivity index (χ4v) is 2.67. The van der Waals surface area contributed by atoms with E-state index in [0.29, 0.717) is 6.71 Å². The predicted octanol–water partition coefficient (Wildman–Crippen LogP) is 3.06. The average molecular weight is 239 g/mol. The highest BCUT2D eigenvalue weighted by Gasteiger charge is 2.20. The highest BCUT2D eigenvalue weighted by atomic mass is 35.5. The summed E-state index contributed by atoms with van der Waals surface area (Å²) in [5.41, 5.74) is 5.24. The third-order valence-electron chi connectivity index (χ3n) is 3.42. The summed E-state index contributed by atoms with van der Waals surface area (Å²) in [5.74, 6) is 0. The van der Waals surface area contributed by atoms with Crippen LogP contribution in [0.4, 0.5) is 0 Å². The van der Waals surface area contributed by atoms with Crippen LogP contribution in [0.1, 0.15) is 11.1 Å². The van der Waals surface area contributed by atoms with Crippen molar-refractivity contribution in [3.8, 4) is 0 Å². The van der Waals surface area contributed by atoms with E-state index in [0.717, 1.165) is 5.02 Å². The molecule has 82 valence electrons. The molecular weight excluding hydrogens is 226 g/mol. The molecule has 0 fully saturated rings. The third kappa shape index (κ3) is 1.81. The Kier molecular flexibility index (Phi) is 2.56. The van der Waals surface area contributed by atoms with Gasteiger partial charge >= 0.3 is 0 Å². The van der Waals surface area contributed by atoms with Crippen LogP contribution < -0.4 is 10.9 Å². The molecular formula is C15H12BCl. The lowest BCUT2D eigenvalue weighted by Gasteiger charge is -2.12. The first-order valence-electron chi connectivity index (χ1n) is 5.82. The Morgan fingerprint density at radius 1 is 0.882 bits per heavy atom. The molecule has 0 radical (unpaired) electrons. The zero-order valence-electron chi connectivity index (χ0n) is 9.65.